The van der Waals surface area contributed by atoms with E-state index in [0.29, 0.717) is 18.1 Å². The van der Waals surface area contributed by atoms with Crippen LogP contribution in [-0.4, -0.2) is 34.8 Å². The average Bonchev–Trinajstić information content (AvgIpc) is 2.53. The van der Waals surface area contributed by atoms with E-state index in [1.165, 1.54) is 18.2 Å². The molecule has 0 unspecified atom stereocenters. The molecule has 7 nitrogen and oxygen atoms in total. The predicted octanol–water partition coefficient (Wildman–Crippen LogP) is 1.69. The van der Waals surface area contributed by atoms with Crippen molar-refractivity contribution in [1.29, 1.82) is 0 Å². The molecule has 2 aromatic rings. The molecule has 1 aromatic carbocycles. The molecule has 0 bridgehead atoms. The first-order valence-corrected chi connectivity index (χ1v) is 8.24. The number of aromatic nitrogens is 2. The Bertz CT molecular complexity index is 695. The fourth-order valence-corrected chi connectivity index (χ4v) is 2.59. The van der Waals surface area contributed by atoms with Crippen molar-refractivity contribution in [2.75, 3.05) is 23.8 Å². The molecule has 0 fully saturated rings. The highest BCUT2D eigenvalue weighted by Crippen LogP contribution is 2.16. The van der Waals surface area contributed by atoms with E-state index in [1.54, 1.807) is 12.1 Å². The van der Waals surface area contributed by atoms with Gasteiger partial charge in [0.1, 0.15) is 17.4 Å². The van der Waals surface area contributed by atoms with E-state index in [2.05, 4.69) is 20.0 Å². The lowest BCUT2D eigenvalue weighted by Crippen LogP contribution is -2.27. The summed E-state index contributed by atoms with van der Waals surface area (Å²) in [6.45, 7) is -2.43. The van der Waals surface area contributed by atoms with Crippen LogP contribution in [0.15, 0.2) is 35.5 Å². The van der Waals surface area contributed by atoms with Gasteiger partial charge in [0, 0.05) is 12.6 Å². The van der Waals surface area contributed by atoms with E-state index < -0.39 is 6.61 Å². The Balaban J connectivity index is 1.71. The van der Waals surface area contributed by atoms with Crippen LogP contribution in [0.2, 0.25) is 0 Å². The number of thioether (sulfide) groups is 1. The molecule has 134 valence electrons. The van der Waals surface area contributed by atoms with E-state index in [1.807, 2.05) is 0 Å². The first-order valence-electron chi connectivity index (χ1n) is 7.25. The summed E-state index contributed by atoms with van der Waals surface area (Å²) in [6, 6.07) is 7.69. The number of benzene rings is 1. The second-order valence-electron chi connectivity index (χ2n) is 4.91. The monoisotopic (exact) mass is 369 g/mol. The molecule has 10 heteroatoms. The largest absolute Gasteiger partial charge is 0.435 e. The third-order valence-electron chi connectivity index (χ3n) is 2.96. The summed E-state index contributed by atoms with van der Waals surface area (Å²) in [7, 11) is 0. The van der Waals surface area contributed by atoms with Crippen LogP contribution in [-0.2, 0) is 11.2 Å². The number of rotatable bonds is 8. The summed E-state index contributed by atoms with van der Waals surface area (Å²) in [5.41, 5.74) is 12.0. The number of anilines is 2. The van der Waals surface area contributed by atoms with Gasteiger partial charge >= 0.3 is 6.61 Å². The van der Waals surface area contributed by atoms with Gasteiger partial charge in [-0.1, -0.05) is 23.9 Å². The lowest BCUT2D eigenvalue weighted by atomic mass is 10.1. The highest BCUT2D eigenvalue weighted by Gasteiger charge is 2.07. The van der Waals surface area contributed by atoms with Gasteiger partial charge in [0.15, 0.2) is 5.16 Å². The van der Waals surface area contributed by atoms with Crippen LogP contribution in [0.25, 0.3) is 0 Å². The van der Waals surface area contributed by atoms with Crippen molar-refractivity contribution in [1.82, 2.24) is 15.3 Å². The third-order valence-corrected chi connectivity index (χ3v) is 3.81. The zero-order chi connectivity index (χ0) is 18.2. The number of alkyl halides is 2. The Morgan fingerprint density at radius 1 is 1.20 bits per heavy atom. The summed E-state index contributed by atoms with van der Waals surface area (Å²) in [5.74, 6) is 0.529. The molecule has 5 N–H and O–H groups in total. The van der Waals surface area contributed by atoms with Crippen LogP contribution in [0, 0.1) is 0 Å². The average molecular weight is 369 g/mol. The number of nitrogens with zero attached hydrogens (tertiary/aromatic N) is 2. The molecular formula is C15H17F2N5O2S. The number of carbonyl (C=O) groups excluding carboxylic acids is 1. The molecule has 1 heterocycles. The Hall–Kier alpha value is -2.62. The summed E-state index contributed by atoms with van der Waals surface area (Å²) in [5, 5.41) is 3.08. The van der Waals surface area contributed by atoms with Crippen LogP contribution in [0.4, 0.5) is 20.4 Å². The molecule has 0 aliphatic carbocycles. The third kappa shape index (κ3) is 6.79. The van der Waals surface area contributed by atoms with Crippen molar-refractivity contribution in [3.8, 4) is 5.75 Å². The Morgan fingerprint density at radius 2 is 1.84 bits per heavy atom. The number of halogens is 2. The van der Waals surface area contributed by atoms with Gasteiger partial charge < -0.3 is 21.5 Å². The van der Waals surface area contributed by atoms with Crippen LogP contribution >= 0.6 is 11.8 Å². The summed E-state index contributed by atoms with van der Waals surface area (Å²) in [6.07, 6.45) is 0.563. The van der Waals surface area contributed by atoms with Crippen LogP contribution in [0.3, 0.4) is 0 Å². The molecular weight excluding hydrogens is 352 g/mol. The first kappa shape index (κ1) is 18.7. The second kappa shape index (κ2) is 9.02. The molecule has 1 aromatic heterocycles. The van der Waals surface area contributed by atoms with Gasteiger partial charge in [-0.3, -0.25) is 4.79 Å². The summed E-state index contributed by atoms with van der Waals surface area (Å²) in [4.78, 5) is 19.7. The molecule has 0 saturated heterocycles. The van der Waals surface area contributed by atoms with E-state index in [4.69, 9.17) is 11.5 Å². The fourth-order valence-electron chi connectivity index (χ4n) is 1.89. The van der Waals surface area contributed by atoms with Gasteiger partial charge in [-0.25, -0.2) is 9.97 Å². The Morgan fingerprint density at radius 3 is 2.44 bits per heavy atom. The highest BCUT2D eigenvalue weighted by molar-refractivity contribution is 7.99. The molecule has 0 atom stereocenters. The van der Waals surface area contributed by atoms with Crippen molar-refractivity contribution < 1.29 is 18.3 Å². The predicted molar refractivity (Wildman–Crippen MR) is 91.4 cm³/mol. The second-order valence-corrected chi connectivity index (χ2v) is 5.85. The molecule has 25 heavy (non-hydrogen) atoms. The lowest BCUT2D eigenvalue weighted by molar-refractivity contribution is -0.118. The fraction of sp³-hybridized carbons (Fsp3) is 0.267. The van der Waals surface area contributed by atoms with Crippen molar-refractivity contribution in [2.45, 2.75) is 18.2 Å². The molecule has 0 radical (unpaired) electrons. The molecule has 2 rings (SSSR count). The smallest absolute Gasteiger partial charge is 0.387 e. The van der Waals surface area contributed by atoms with E-state index >= 15 is 0 Å². The van der Waals surface area contributed by atoms with E-state index in [0.717, 1.165) is 17.3 Å². The number of hydrogen-bond acceptors (Lipinski definition) is 7. The van der Waals surface area contributed by atoms with Gasteiger partial charge in [0.25, 0.3) is 0 Å². The van der Waals surface area contributed by atoms with E-state index in [9.17, 15) is 13.6 Å². The minimum atomic E-state index is -2.85. The maximum Gasteiger partial charge on any atom is 0.387 e. The van der Waals surface area contributed by atoms with Gasteiger partial charge in [-0.05, 0) is 24.1 Å². The highest BCUT2D eigenvalue weighted by atomic mass is 32.2. The number of ether oxygens (including phenoxy) is 1. The van der Waals surface area contributed by atoms with E-state index in [-0.39, 0.29) is 29.0 Å². The van der Waals surface area contributed by atoms with Crippen molar-refractivity contribution >= 4 is 29.3 Å². The summed E-state index contributed by atoms with van der Waals surface area (Å²) < 4.78 is 28.4. The van der Waals surface area contributed by atoms with Gasteiger partial charge in [-0.2, -0.15) is 8.78 Å². The standard InChI is InChI=1S/C15H17F2N5O2S/c16-14(17)24-10-3-1-9(2-4-10)5-6-20-13(23)8-25-15-21-11(18)7-12(19)22-15/h1-4,7,14H,5-6,8H2,(H,20,23)(H4,18,19,21,22). The van der Waals surface area contributed by atoms with Crippen LogP contribution in [0.1, 0.15) is 5.56 Å². The lowest BCUT2D eigenvalue weighted by Gasteiger charge is -2.07. The van der Waals surface area contributed by atoms with Crippen molar-refractivity contribution in [3.63, 3.8) is 0 Å². The topological polar surface area (TPSA) is 116 Å². The minimum absolute atomic E-state index is 0.0978. The van der Waals surface area contributed by atoms with Crippen molar-refractivity contribution in [3.05, 3.63) is 35.9 Å². The SMILES string of the molecule is Nc1cc(N)nc(SCC(=O)NCCc2ccc(OC(F)F)cc2)n1. The van der Waals surface area contributed by atoms with Gasteiger partial charge in [-0.15, -0.1) is 0 Å². The molecule has 0 aliphatic rings. The minimum Gasteiger partial charge on any atom is -0.435 e. The number of amides is 1. The Kier molecular flexibility index (Phi) is 6.75. The zero-order valence-electron chi connectivity index (χ0n) is 13.1. The Labute approximate surface area is 147 Å². The summed E-state index contributed by atoms with van der Waals surface area (Å²) >= 11 is 1.13. The number of hydrogen-bond donors (Lipinski definition) is 3. The first-order chi connectivity index (χ1) is 11.9. The maximum absolute atomic E-state index is 12.1. The molecule has 0 aliphatic heterocycles. The van der Waals surface area contributed by atoms with Crippen LogP contribution in [0.5, 0.6) is 5.75 Å². The number of carbonyl (C=O) groups is 1. The number of nitrogens with one attached hydrogen (secondary N) is 1. The maximum atomic E-state index is 12.1. The number of nitrogens with two attached hydrogens (primary N) is 2. The van der Waals surface area contributed by atoms with Gasteiger partial charge in [0.05, 0.1) is 5.75 Å². The normalized spacial score (nSPS) is 10.7. The molecule has 0 spiro atoms. The van der Waals surface area contributed by atoms with Gasteiger partial charge in [0.2, 0.25) is 5.91 Å². The molecule has 0 saturated carbocycles. The number of nitrogen functional groups attached to an aromatic ring is 2. The zero-order valence-corrected chi connectivity index (χ0v) is 13.9. The molecule has 1 amide bonds. The quantitative estimate of drug-likeness (QED) is 0.479. The van der Waals surface area contributed by atoms with Crippen molar-refractivity contribution in [2.24, 2.45) is 0 Å². The van der Waals surface area contributed by atoms with Crippen LogP contribution < -0.4 is 21.5 Å².